The number of carbonyl (C=O) groups excluding carboxylic acids is 1. The number of amides is 1. The number of nitrogens with zero attached hydrogens (tertiary/aromatic N) is 3. The van der Waals surface area contributed by atoms with Gasteiger partial charge < -0.3 is 9.88 Å². The number of carbonyl (C=O) groups is 1. The molecule has 29 heavy (non-hydrogen) atoms. The summed E-state index contributed by atoms with van der Waals surface area (Å²) in [6.45, 7) is 10.7. The third kappa shape index (κ3) is 4.57. The van der Waals surface area contributed by atoms with Crippen molar-refractivity contribution in [1.29, 1.82) is 0 Å². The molecule has 0 radical (unpaired) electrons. The predicted octanol–water partition coefficient (Wildman–Crippen LogP) is 4.30. The van der Waals surface area contributed by atoms with Crippen molar-refractivity contribution in [3.8, 4) is 5.69 Å². The van der Waals surface area contributed by atoms with E-state index in [0.717, 1.165) is 30.2 Å². The molecule has 0 saturated heterocycles. The molecule has 2 aromatic heterocycles. The fourth-order valence-electron chi connectivity index (χ4n) is 3.96. The van der Waals surface area contributed by atoms with Crippen LogP contribution in [-0.4, -0.2) is 40.0 Å². The van der Waals surface area contributed by atoms with Crippen LogP contribution in [0.15, 0.2) is 60.9 Å². The number of aryl methyl sites for hydroxylation is 1. The molecule has 0 fully saturated rings. The van der Waals surface area contributed by atoms with Gasteiger partial charge in [0.05, 0.1) is 23.5 Å². The highest BCUT2D eigenvalue weighted by atomic mass is 16.1. The average Bonchev–Trinajstić information content (AvgIpc) is 3.06. The van der Waals surface area contributed by atoms with Crippen molar-refractivity contribution in [3.05, 3.63) is 83.4 Å². The van der Waals surface area contributed by atoms with Crippen molar-refractivity contribution in [2.45, 2.75) is 33.7 Å². The van der Waals surface area contributed by atoms with Crippen LogP contribution in [0.5, 0.6) is 0 Å². The minimum absolute atomic E-state index is 0.0404. The first-order valence-corrected chi connectivity index (χ1v) is 10.2. The number of hydrogen-bond donors (Lipinski definition) is 1. The van der Waals surface area contributed by atoms with E-state index in [1.807, 2.05) is 44.3 Å². The lowest BCUT2D eigenvalue weighted by molar-refractivity contribution is 0.0934. The largest absolute Gasteiger partial charge is 0.350 e. The van der Waals surface area contributed by atoms with Crippen LogP contribution in [0.3, 0.4) is 0 Å². The second-order valence-corrected chi connectivity index (χ2v) is 7.19. The van der Waals surface area contributed by atoms with E-state index < -0.39 is 0 Å². The Morgan fingerprint density at radius 2 is 1.83 bits per heavy atom. The van der Waals surface area contributed by atoms with Crippen molar-refractivity contribution in [3.63, 3.8) is 0 Å². The fourth-order valence-corrected chi connectivity index (χ4v) is 3.96. The van der Waals surface area contributed by atoms with Crippen LogP contribution in [-0.2, 0) is 0 Å². The normalized spacial score (nSPS) is 12.2. The molecule has 1 atom stereocenters. The summed E-state index contributed by atoms with van der Waals surface area (Å²) in [6.07, 6.45) is 3.57. The van der Waals surface area contributed by atoms with Gasteiger partial charge in [0.25, 0.3) is 5.91 Å². The van der Waals surface area contributed by atoms with Crippen LogP contribution >= 0.6 is 0 Å². The van der Waals surface area contributed by atoms with Crippen molar-refractivity contribution >= 4 is 5.91 Å². The van der Waals surface area contributed by atoms with Gasteiger partial charge in [-0.25, -0.2) is 0 Å². The first kappa shape index (κ1) is 20.8. The number of nitrogens with one attached hydrogen (secondary N) is 1. The minimum atomic E-state index is -0.0404. The topological polar surface area (TPSA) is 50.2 Å². The van der Waals surface area contributed by atoms with Crippen molar-refractivity contribution < 1.29 is 4.79 Å². The molecule has 1 unspecified atom stereocenters. The van der Waals surface area contributed by atoms with E-state index >= 15 is 0 Å². The highest BCUT2D eigenvalue weighted by molar-refractivity contribution is 5.96. The molecule has 5 nitrogen and oxygen atoms in total. The van der Waals surface area contributed by atoms with E-state index in [0.29, 0.717) is 12.1 Å². The summed E-state index contributed by atoms with van der Waals surface area (Å²) < 4.78 is 2.07. The number of hydrogen-bond acceptors (Lipinski definition) is 3. The van der Waals surface area contributed by atoms with Crippen LogP contribution in [0.25, 0.3) is 5.69 Å². The van der Waals surface area contributed by atoms with E-state index in [1.54, 1.807) is 6.20 Å². The Balaban J connectivity index is 1.81. The Hall–Kier alpha value is -2.92. The summed E-state index contributed by atoms with van der Waals surface area (Å²) in [7, 11) is 0. The molecule has 152 valence electrons. The molecule has 1 aromatic carbocycles. The van der Waals surface area contributed by atoms with Crippen molar-refractivity contribution in [2.24, 2.45) is 0 Å². The van der Waals surface area contributed by atoms with Gasteiger partial charge in [0.2, 0.25) is 0 Å². The van der Waals surface area contributed by atoms with Gasteiger partial charge in [0.15, 0.2) is 0 Å². The summed E-state index contributed by atoms with van der Waals surface area (Å²) in [4.78, 5) is 19.6. The van der Waals surface area contributed by atoms with Gasteiger partial charge in [0, 0.05) is 24.1 Å². The maximum absolute atomic E-state index is 13.0. The standard InChI is InChI=1S/C24H30N4O/c1-5-27(6-2)23(20-11-8-7-9-12-20)17-26-24(29)22-15-18(3)28(19(22)4)21-13-10-14-25-16-21/h7-16,23H,5-6,17H2,1-4H3,(H,26,29). The van der Waals surface area contributed by atoms with Crippen LogP contribution in [0, 0.1) is 13.8 Å². The van der Waals surface area contributed by atoms with Crippen molar-refractivity contribution in [1.82, 2.24) is 19.8 Å². The monoisotopic (exact) mass is 390 g/mol. The molecule has 3 rings (SSSR count). The number of aromatic nitrogens is 2. The maximum atomic E-state index is 13.0. The molecule has 0 aliphatic heterocycles. The van der Waals surface area contributed by atoms with Gasteiger partial charge in [-0.1, -0.05) is 44.2 Å². The van der Waals surface area contributed by atoms with Gasteiger partial charge in [-0.15, -0.1) is 0 Å². The van der Waals surface area contributed by atoms with Crippen LogP contribution in [0.4, 0.5) is 0 Å². The number of likely N-dealkylation sites (N-methyl/N-ethyl adjacent to an activating group) is 1. The smallest absolute Gasteiger partial charge is 0.253 e. The molecule has 0 bridgehead atoms. The third-order valence-corrected chi connectivity index (χ3v) is 5.47. The quantitative estimate of drug-likeness (QED) is 0.624. The average molecular weight is 391 g/mol. The van der Waals surface area contributed by atoms with Gasteiger partial charge >= 0.3 is 0 Å². The van der Waals surface area contributed by atoms with E-state index in [4.69, 9.17) is 0 Å². The van der Waals surface area contributed by atoms with E-state index in [2.05, 4.69) is 57.9 Å². The van der Waals surface area contributed by atoms with E-state index in [9.17, 15) is 4.79 Å². The van der Waals surface area contributed by atoms with Gasteiger partial charge in [-0.05, 0) is 50.7 Å². The second kappa shape index (κ2) is 9.52. The van der Waals surface area contributed by atoms with Crippen LogP contribution in [0.1, 0.15) is 47.2 Å². The molecule has 2 heterocycles. The first-order chi connectivity index (χ1) is 14.1. The van der Waals surface area contributed by atoms with Gasteiger partial charge in [0.1, 0.15) is 0 Å². The maximum Gasteiger partial charge on any atom is 0.253 e. The Kier molecular flexibility index (Phi) is 6.83. The molecule has 5 heteroatoms. The Labute approximate surface area is 173 Å². The Morgan fingerprint density at radius 3 is 2.45 bits per heavy atom. The molecule has 0 aliphatic carbocycles. The van der Waals surface area contributed by atoms with Crippen LogP contribution < -0.4 is 5.32 Å². The highest BCUT2D eigenvalue weighted by Gasteiger charge is 2.21. The molecule has 0 saturated carbocycles. The number of rotatable bonds is 8. The zero-order valence-electron chi connectivity index (χ0n) is 17.7. The van der Waals surface area contributed by atoms with Gasteiger partial charge in [-0.2, -0.15) is 0 Å². The summed E-state index contributed by atoms with van der Waals surface area (Å²) >= 11 is 0. The lowest BCUT2D eigenvalue weighted by atomic mass is 10.0. The highest BCUT2D eigenvalue weighted by Crippen LogP contribution is 2.22. The Bertz CT molecular complexity index is 930. The minimum Gasteiger partial charge on any atom is -0.350 e. The molecular formula is C24H30N4O. The molecule has 3 aromatic rings. The predicted molar refractivity (Wildman–Crippen MR) is 117 cm³/mol. The SMILES string of the molecule is CCN(CC)C(CNC(=O)c1cc(C)n(-c2cccnc2)c1C)c1ccccc1. The third-order valence-electron chi connectivity index (χ3n) is 5.47. The van der Waals surface area contributed by atoms with Crippen molar-refractivity contribution in [2.75, 3.05) is 19.6 Å². The number of pyridine rings is 1. The summed E-state index contributed by atoms with van der Waals surface area (Å²) in [5, 5.41) is 3.17. The lowest BCUT2D eigenvalue weighted by Crippen LogP contribution is -2.38. The van der Waals surface area contributed by atoms with E-state index in [-0.39, 0.29) is 11.9 Å². The molecular weight excluding hydrogens is 360 g/mol. The van der Waals surface area contributed by atoms with E-state index in [1.165, 1.54) is 5.56 Å². The zero-order chi connectivity index (χ0) is 20.8. The zero-order valence-corrected chi connectivity index (χ0v) is 17.7. The molecule has 1 amide bonds. The fraction of sp³-hybridized carbons (Fsp3) is 0.333. The van der Waals surface area contributed by atoms with Gasteiger partial charge in [-0.3, -0.25) is 14.7 Å². The summed E-state index contributed by atoms with van der Waals surface area (Å²) in [5.74, 6) is -0.0404. The molecule has 0 spiro atoms. The Morgan fingerprint density at radius 1 is 1.10 bits per heavy atom. The molecule has 1 N–H and O–H groups in total. The summed E-state index contributed by atoms with van der Waals surface area (Å²) in [5.41, 5.74) is 4.83. The van der Waals surface area contributed by atoms with Crippen LogP contribution in [0.2, 0.25) is 0 Å². The summed E-state index contributed by atoms with van der Waals surface area (Å²) in [6, 6.07) is 16.4. The first-order valence-electron chi connectivity index (χ1n) is 10.2. The lowest BCUT2D eigenvalue weighted by Gasteiger charge is -2.30. The second-order valence-electron chi connectivity index (χ2n) is 7.19. The number of benzene rings is 1. The molecule has 0 aliphatic rings.